The Bertz CT molecular complexity index is 839. The maximum absolute atomic E-state index is 13.8. The zero-order valence-electron chi connectivity index (χ0n) is 11.3. The summed E-state index contributed by atoms with van der Waals surface area (Å²) >= 11 is 0. The maximum atomic E-state index is 13.8. The molecule has 4 nitrogen and oxygen atoms in total. The van der Waals surface area contributed by atoms with E-state index >= 15 is 0 Å². The Morgan fingerprint density at radius 1 is 1.29 bits per heavy atom. The lowest BCUT2D eigenvalue weighted by Crippen LogP contribution is -2.10. The van der Waals surface area contributed by atoms with Crippen LogP contribution >= 0.6 is 0 Å². The van der Waals surface area contributed by atoms with Gasteiger partial charge in [-0.1, -0.05) is 18.2 Å². The fourth-order valence-corrected chi connectivity index (χ4v) is 3.52. The predicted molar refractivity (Wildman–Crippen MR) is 77.6 cm³/mol. The van der Waals surface area contributed by atoms with Gasteiger partial charge in [-0.25, -0.2) is 12.8 Å². The third-order valence-electron chi connectivity index (χ3n) is 3.15. The van der Waals surface area contributed by atoms with Gasteiger partial charge in [0.2, 0.25) is 0 Å². The van der Waals surface area contributed by atoms with Gasteiger partial charge in [0.1, 0.15) is 5.82 Å². The Kier molecular flexibility index (Phi) is 3.96. The van der Waals surface area contributed by atoms with Crippen LogP contribution in [0.5, 0.6) is 0 Å². The molecule has 0 saturated carbocycles. The molecule has 0 amide bonds. The van der Waals surface area contributed by atoms with Crippen LogP contribution < -0.4 is 5.73 Å². The van der Waals surface area contributed by atoms with E-state index in [1.807, 2.05) is 0 Å². The van der Waals surface area contributed by atoms with Crippen molar-refractivity contribution in [2.24, 2.45) is 0 Å². The zero-order chi connectivity index (χ0) is 15.6. The van der Waals surface area contributed by atoms with Gasteiger partial charge in [-0.3, -0.25) is 0 Å². The van der Waals surface area contributed by atoms with Gasteiger partial charge >= 0.3 is 0 Å². The summed E-state index contributed by atoms with van der Waals surface area (Å²) in [6.45, 7) is 1.71. The van der Waals surface area contributed by atoms with Gasteiger partial charge in [-0.15, -0.1) is 0 Å². The fraction of sp³-hybridized carbons (Fsp3) is 0.133. The lowest BCUT2D eigenvalue weighted by atomic mass is 10.1. The highest BCUT2D eigenvalue weighted by Gasteiger charge is 2.21. The van der Waals surface area contributed by atoms with Crippen LogP contribution in [0, 0.1) is 24.1 Å². The van der Waals surface area contributed by atoms with Crippen LogP contribution in [0.2, 0.25) is 0 Å². The highest BCUT2D eigenvalue weighted by Crippen LogP contribution is 2.26. The number of nitrogen functional groups attached to an aromatic ring is 1. The molecule has 0 fully saturated rings. The number of halogens is 1. The summed E-state index contributed by atoms with van der Waals surface area (Å²) in [4.78, 5) is -0.00809. The molecule has 0 heterocycles. The lowest BCUT2D eigenvalue weighted by molar-refractivity contribution is 0.587. The van der Waals surface area contributed by atoms with Gasteiger partial charge in [0.15, 0.2) is 9.84 Å². The Hall–Kier alpha value is -2.39. The van der Waals surface area contributed by atoms with E-state index in [2.05, 4.69) is 0 Å². The van der Waals surface area contributed by atoms with Gasteiger partial charge in [-0.05, 0) is 30.7 Å². The number of aryl methyl sites for hydroxylation is 1. The average Bonchev–Trinajstić information content (AvgIpc) is 2.43. The van der Waals surface area contributed by atoms with Gasteiger partial charge in [0.25, 0.3) is 0 Å². The van der Waals surface area contributed by atoms with E-state index in [-0.39, 0.29) is 21.7 Å². The minimum Gasteiger partial charge on any atom is -0.397 e. The van der Waals surface area contributed by atoms with Crippen molar-refractivity contribution in [3.05, 3.63) is 58.9 Å². The topological polar surface area (TPSA) is 84.0 Å². The second kappa shape index (κ2) is 5.54. The Balaban J connectivity index is 2.43. The van der Waals surface area contributed by atoms with Gasteiger partial charge < -0.3 is 5.73 Å². The number of hydrogen-bond donors (Lipinski definition) is 1. The van der Waals surface area contributed by atoms with E-state index in [1.54, 1.807) is 25.1 Å². The van der Waals surface area contributed by atoms with Crippen LogP contribution in [0.15, 0.2) is 41.3 Å². The summed E-state index contributed by atoms with van der Waals surface area (Å²) in [7, 11) is -3.76. The smallest absolute Gasteiger partial charge is 0.184 e. The van der Waals surface area contributed by atoms with Crippen molar-refractivity contribution < 1.29 is 12.8 Å². The summed E-state index contributed by atoms with van der Waals surface area (Å²) in [5.74, 6) is -1.22. The quantitative estimate of drug-likeness (QED) is 0.883. The Morgan fingerprint density at radius 2 is 2.00 bits per heavy atom. The molecule has 2 N–H and O–H groups in total. The first-order valence-electron chi connectivity index (χ1n) is 6.11. The number of anilines is 1. The molecular weight excluding hydrogens is 291 g/mol. The summed E-state index contributed by atoms with van der Waals surface area (Å²) in [5.41, 5.74) is 6.76. The molecule has 2 rings (SSSR count). The molecule has 0 bridgehead atoms. The molecule has 2 aromatic carbocycles. The third kappa shape index (κ3) is 3.03. The predicted octanol–water partition coefficient (Wildman–Crippen LogP) is 2.56. The van der Waals surface area contributed by atoms with Gasteiger partial charge in [0.05, 0.1) is 28.0 Å². The number of sulfone groups is 1. The van der Waals surface area contributed by atoms with Crippen molar-refractivity contribution in [1.82, 2.24) is 0 Å². The first kappa shape index (κ1) is 15.0. The van der Waals surface area contributed by atoms with Crippen molar-refractivity contribution in [1.29, 1.82) is 5.26 Å². The SMILES string of the molecule is Cc1cccc(S(=O)(=O)Cc2ccc(C#N)cc2F)c1N. The molecule has 0 aliphatic heterocycles. The monoisotopic (exact) mass is 304 g/mol. The van der Waals surface area contributed by atoms with Crippen molar-refractivity contribution >= 4 is 15.5 Å². The molecule has 0 unspecified atom stereocenters. The first-order valence-corrected chi connectivity index (χ1v) is 7.77. The minimum atomic E-state index is -3.76. The van der Waals surface area contributed by atoms with E-state index in [4.69, 9.17) is 11.0 Å². The molecule has 0 aliphatic rings. The second-order valence-electron chi connectivity index (χ2n) is 4.66. The number of nitriles is 1. The van der Waals surface area contributed by atoms with E-state index in [0.29, 0.717) is 5.56 Å². The molecule has 0 saturated heterocycles. The van der Waals surface area contributed by atoms with Crippen LogP contribution in [0.3, 0.4) is 0 Å². The molecule has 6 heteroatoms. The van der Waals surface area contributed by atoms with Crippen molar-refractivity contribution in [2.45, 2.75) is 17.6 Å². The molecule has 0 aliphatic carbocycles. The van der Waals surface area contributed by atoms with E-state index < -0.39 is 21.4 Å². The highest BCUT2D eigenvalue weighted by atomic mass is 32.2. The summed E-state index contributed by atoms with van der Waals surface area (Å²) < 4.78 is 38.6. The fourth-order valence-electron chi connectivity index (χ4n) is 1.94. The van der Waals surface area contributed by atoms with Gasteiger partial charge in [-0.2, -0.15) is 5.26 Å². The molecule has 0 aromatic heterocycles. The van der Waals surface area contributed by atoms with E-state index in [0.717, 1.165) is 6.07 Å². The first-order chi connectivity index (χ1) is 9.85. The molecule has 2 aromatic rings. The molecule has 0 spiro atoms. The lowest BCUT2D eigenvalue weighted by Gasteiger charge is -2.10. The highest BCUT2D eigenvalue weighted by molar-refractivity contribution is 7.90. The second-order valence-corrected chi connectivity index (χ2v) is 6.62. The van der Waals surface area contributed by atoms with Crippen LogP contribution in [0.4, 0.5) is 10.1 Å². The number of hydrogen-bond acceptors (Lipinski definition) is 4. The number of para-hydroxylation sites is 1. The van der Waals surface area contributed by atoms with Crippen molar-refractivity contribution in [3.8, 4) is 6.07 Å². The maximum Gasteiger partial charge on any atom is 0.184 e. The Labute approximate surface area is 122 Å². The number of nitrogens with two attached hydrogens (primary N) is 1. The standard InChI is InChI=1S/C15H13FN2O2S/c1-10-3-2-4-14(15(10)18)21(19,20)9-12-6-5-11(8-17)7-13(12)16/h2-7H,9,18H2,1H3. The molecule has 0 radical (unpaired) electrons. The summed E-state index contributed by atoms with van der Waals surface area (Å²) in [6.07, 6.45) is 0. The number of nitrogens with zero attached hydrogens (tertiary/aromatic N) is 1. The molecular formula is C15H13FN2O2S. The average molecular weight is 304 g/mol. The molecule has 0 atom stereocenters. The Morgan fingerprint density at radius 3 is 2.62 bits per heavy atom. The summed E-state index contributed by atoms with van der Waals surface area (Å²) in [5, 5.41) is 8.68. The normalized spacial score (nSPS) is 11.1. The van der Waals surface area contributed by atoms with Gasteiger partial charge in [0, 0.05) is 5.56 Å². The summed E-state index contributed by atoms with van der Waals surface area (Å²) in [6, 6.07) is 10.2. The van der Waals surface area contributed by atoms with Crippen LogP contribution in [-0.2, 0) is 15.6 Å². The number of rotatable bonds is 3. The molecule has 21 heavy (non-hydrogen) atoms. The minimum absolute atomic E-state index is 0.00809. The van der Waals surface area contributed by atoms with E-state index in [1.165, 1.54) is 18.2 Å². The zero-order valence-corrected chi connectivity index (χ0v) is 12.1. The van der Waals surface area contributed by atoms with Crippen LogP contribution in [-0.4, -0.2) is 8.42 Å². The third-order valence-corrected chi connectivity index (χ3v) is 4.86. The molecule has 108 valence electrons. The number of benzene rings is 2. The van der Waals surface area contributed by atoms with E-state index in [9.17, 15) is 12.8 Å². The van der Waals surface area contributed by atoms with Crippen molar-refractivity contribution in [3.63, 3.8) is 0 Å². The van der Waals surface area contributed by atoms with Crippen molar-refractivity contribution in [2.75, 3.05) is 5.73 Å². The van der Waals surface area contributed by atoms with Crippen LogP contribution in [0.25, 0.3) is 0 Å². The van der Waals surface area contributed by atoms with Crippen LogP contribution in [0.1, 0.15) is 16.7 Å². The largest absolute Gasteiger partial charge is 0.397 e.